The van der Waals surface area contributed by atoms with Gasteiger partial charge in [0.05, 0.1) is 0 Å². The normalized spacial score (nSPS) is 25.3. The molecule has 0 aliphatic heterocycles. The zero-order chi connectivity index (χ0) is 12.8. The second-order valence-electron chi connectivity index (χ2n) is 6.07. The molecular formula is C16H27NS. The van der Waals surface area contributed by atoms with Gasteiger partial charge in [-0.1, -0.05) is 39.2 Å². The van der Waals surface area contributed by atoms with Gasteiger partial charge in [0.25, 0.3) is 0 Å². The third-order valence-electron chi connectivity index (χ3n) is 4.03. The molecule has 0 radical (unpaired) electrons. The molecule has 0 spiro atoms. The molecule has 1 N–H and O–H groups in total. The largest absolute Gasteiger partial charge is 0.316 e. The van der Waals surface area contributed by atoms with Crippen LogP contribution in [-0.2, 0) is 0 Å². The molecule has 1 nitrogen and oxygen atoms in total. The maximum absolute atomic E-state index is 3.68. The molecule has 102 valence electrons. The second-order valence-corrected chi connectivity index (χ2v) is 7.05. The second kappa shape index (κ2) is 7.30. The average molecular weight is 265 g/mol. The lowest BCUT2D eigenvalue weighted by molar-refractivity contribution is 0.369. The van der Waals surface area contributed by atoms with Crippen molar-refractivity contribution in [2.24, 2.45) is 11.8 Å². The highest BCUT2D eigenvalue weighted by molar-refractivity contribution is 7.10. The van der Waals surface area contributed by atoms with E-state index in [9.17, 15) is 0 Å². The summed E-state index contributed by atoms with van der Waals surface area (Å²) < 4.78 is 0. The van der Waals surface area contributed by atoms with E-state index in [1.165, 1.54) is 38.6 Å². The van der Waals surface area contributed by atoms with Gasteiger partial charge in [-0.15, -0.1) is 11.3 Å². The van der Waals surface area contributed by atoms with Gasteiger partial charge in [-0.05, 0) is 55.1 Å². The van der Waals surface area contributed by atoms with Crippen LogP contribution in [0.5, 0.6) is 0 Å². The van der Waals surface area contributed by atoms with Crippen molar-refractivity contribution in [3.8, 4) is 0 Å². The van der Waals surface area contributed by atoms with Crippen molar-refractivity contribution in [1.29, 1.82) is 0 Å². The maximum atomic E-state index is 3.68. The molecule has 1 aliphatic carbocycles. The third kappa shape index (κ3) is 4.10. The van der Waals surface area contributed by atoms with Crippen LogP contribution in [-0.4, -0.2) is 13.1 Å². The first-order valence-electron chi connectivity index (χ1n) is 7.51. The molecule has 18 heavy (non-hydrogen) atoms. The van der Waals surface area contributed by atoms with Gasteiger partial charge in [0.15, 0.2) is 0 Å². The van der Waals surface area contributed by atoms with Crippen molar-refractivity contribution in [2.45, 2.75) is 51.9 Å². The first-order chi connectivity index (χ1) is 8.77. The molecule has 2 unspecified atom stereocenters. The Balaban J connectivity index is 1.94. The molecule has 2 atom stereocenters. The molecule has 1 aromatic heterocycles. The topological polar surface area (TPSA) is 12.0 Å². The van der Waals surface area contributed by atoms with E-state index in [-0.39, 0.29) is 0 Å². The molecule has 1 fully saturated rings. The van der Waals surface area contributed by atoms with Gasteiger partial charge in [0.2, 0.25) is 0 Å². The van der Waals surface area contributed by atoms with Gasteiger partial charge in [-0.2, -0.15) is 0 Å². The van der Waals surface area contributed by atoms with Gasteiger partial charge in [-0.25, -0.2) is 0 Å². The molecule has 0 bridgehead atoms. The van der Waals surface area contributed by atoms with E-state index in [1.54, 1.807) is 4.88 Å². The predicted molar refractivity (Wildman–Crippen MR) is 81.3 cm³/mol. The minimum Gasteiger partial charge on any atom is -0.316 e. The number of thiophene rings is 1. The Morgan fingerprint density at radius 2 is 2.11 bits per heavy atom. The zero-order valence-electron chi connectivity index (χ0n) is 11.8. The van der Waals surface area contributed by atoms with Crippen molar-refractivity contribution in [1.82, 2.24) is 5.32 Å². The van der Waals surface area contributed by atoms with E-state index >= 15 is 0 Å². The lowest BCUT2D eigenvalue weighted by atomic mass is 9.86. The Morgan fingerprint density at radius 3 is 2.83 bits per heavy atom. The number of hydrogen-bond acceptors (Lipinski definition) is 2. The summed E-state index contributed by atoms with van der Waals surface area (Å²) in [6, 6.07) is 4.56. The predicted octanol–water partition coefficient (Wildman–Crippen LogP) is 4.66. The Hall–Kier alpha value is -0.340. The van der Waals surface area contributed by atoms with E-state index in [4.69, 9.17) is 0 Å². The smallest absolute Gasteiger partial charge is 0.00794 e. The highest BCUT2D eigenvalue weighted by Gasteiger charge is 2.25. The van der Waals surface area contributed by atoms with Gasteiger partial charge in [0.1, 0.15) is 0 Å². The number of nitrogens with one attached hydrogen (secondary N) is 1. The Labute approximate surface area is 116 Å². The van der Waals surface area contributed by atoms with Gasteiger partial charge < -0.3 is 5.32 Å². The van der Waals surface area contributed by atoms with Crippen molar-refractivity contribution >= 4 is 11.3 Å². The molecule has 2 rings (SSSR count). The van der Waals surface area contributed by atoms with Crippen molar-refractivity contribution in [3.05, 3.63) is 22.4 Å². The summed E-state index contributed by atoms with van der Waals surface area (Å²) >= 11 is 1.95. The van der Waals surface area contributed by atoms with Crippen LogP contribution in [0.15, 0.2) is 17.5 Å². The van der Waals surface area contributed by atoms with E-state index in [0.717, 1.165) is 24.3 Å². The Morgan fingerprint density at radius 1 is 1.28 bits per heavy atom. The van der Waals surface area contributed by atoms with Crippen LogP contribution in [0.1, 0.15) is 56.7 Å². The van der Waals surface area contributed by atoms with Crippen LogP contribution in [0.3, 0.4) is 0 Å². The molecule has 1 saturated carbocycles. The van der Waals surface area contributed by atoms with E-state index in [1.807, 2.05) is 11.3 Å². The summed E-state index contributed by atoms with van der Waals surface area (Å²) in [5, 5.41) is 5.91. The molecule has 0 saturated heterocycles. The lowest BCUT2D eigenvalue weighted by Crippen LogP contribution is -2.29. The minimum atomic E-state index is 0.760. The summed E-state index contributed by atoms with van der Waals surface area (Å²) in [5.41, 5.74) is 0. The molecule has 1 aliphatic rings. The quantitative estimate of drug-likeness (QED) is 0.764. The highest BCUT2D eigenvalue weighted by Crippen LogP contribution is 2.38. The van der Waals surface area contributed by atoms with Crippen LogP contribution >= 0.6 is 11.3 Å². The molecular weight excluding hydrogens is 238 g/mol. The molecule has 0 amide bonds. The zero-order valence-corrected chi connectivity index (χ0v) is 12.6. The maximum Gasteiger partial charge on any atom is 0.00794 e. The molecule has 0 aromatic carbocycles. The standard InChI is InChI=1S/C16H27NS/c1-13(2)11-17-12-14-7-4-3-5-8-15(14)16-9-6-10-18-16/h6,9-10,13-15,17H,3-5,7-8,11-12H2,1-2H3. The molecule has 2 heteroatoms. The van der Waals surface area contributed by atoms with Crippen molar-refractivity contribution in [3.63, 3.8) is 0 Å². The molecule has 1 heterocycles. The van der Waals surface area contributed by atoms with Crippen molar-refractivity contribution in [2.75, 3.05) is 13.1 Å². The SMILES string of the molecule is CC(C)CNCC1CCCCCC1c1cccs1. The lowest BCUT2D eigenvalue weighted by Gasteiger charge is -2.25. The summed E-state index contributed by atoms with van der Waals surface area (Å²) in [5.74, 6) is 2.42. The number of hydrogen-bond donors (Lipinski definition) is 1. The fraction of sp³-hybridized carbons (Fsp3) is 0.750. The van der Waals surface area contributed by atoms with Gasteiger partial charge in [0, 0.05) is 4.88 Å². The summed E-state index contributed by atoms with van der Waals surface area (Å²) in [7, 11) is 0. The minimum absolute atomic E-state index is 0.760. The van der Waals surface area contributed by atoms with Crippen LogP contribution < -0.4 is 5.32 Å². The van der Waals surface area contributed by atoms with Gasteiger partial charge >= 0.3 is 0 Å². The van der Waals surface area contributed by atoms with Crippen LogP contribution in [0.2, 0.25) is 0 Å². The Bertz CT molecular complexity index is 318. The Kier molecular flexibility index (Phi) is 5.71. The summed E-state index contributed by atoms with van der Waals surface area (Å²) in [6.45, 7) is 6.95. The first kappa shape index (κ1) is 14.1. The highest BCUT2D eigenvalue weighted by atomic mass is 32.1. The average Bonchev–Trinajstić information content (AvgIpc) is 2.76. The fourth-order valence-corrected chi connectivity index (χ4v) is 4.02. The monoisotopic (exact) mass is 265 g/mol. The van der Waals surface area contributed by atoms with Gasteiger partial charge in [-0.3, -0.25) is 0 Å². The van der Waals surface area contributed by atoms with E-state index < -0.39 is 0 Å². The van der Waals surface area contributed by atoms with E-state index in [0.29, 0.717) is 0 Å². The van der Waals surface area contributed by atoms with Crippen molar-refractivity contribution < 1.29 is 0 Å². The fourth-order valence-electron chi connectivity index (χ4n) is 3.06. The molecule has 1 aromatic rings. The number of rotatable bonds is 5. The first-order valence-corrected chi connectivity index (χ1v) is 8.39. The van der Waals surface area contributed by atoms with Crippen LogP contribution in [0, 0.1) is 11.8 Å². The third-order valence-corrected chi connectivity index (χ3v) is 5.03. The van der Waals surface area contributed by atoms with E-state index in [2.05, 4.69) is 36.7 Å². The van der Waals surface area contributed by atoms with Crippen LogP contribution in [0.4, 0.5) is 0 Å². The summed E-state index contributed by atoms with van der Waals surface area (Å²) in [4.78, 5) is 1.62. The summed E-state index contributed by atoms with van der Waals surface area (Å²) in [6.07, 6.45) is 7.09. The van der Waals surface area contributed by atoms with Crippen LogP contribution in [0.25, 0.3) is 0 Å².